The number of carbonyl (C=O) groups excluding carboxylic acids is 4. The van der Waals surface area contributed by atoms with E-state index in [0.29, 0.717) is 0 Å². The van der Waals surface area contributed by atoms with Gasteiger partial charge in [0.1, 0.15) is 12.6 Å². The number of amides is 4. The number of carbonyl (C=O) groups is 4. The fraction of sp³-hybridized carbons (Fsp3) is 0.556. The molecule has 1 unspecified atom stereocenters. The molecule has 1 atom stereocenters. The molecule has 1 rings (SSSR count). The summed E-state index contributed by atoms with van der Waals surface area (Å²) in [5, 5.41) is 4.54. The van der Waals surface area contributed by atoms with Crippen LogP contribution in [0.4, 0.5) is 4.79 Å². The molecule has 8 heteroatoms. The van der Waals surface area contributed by atoms with Crippen LogP contribution in [0.15, 0.2) is 0 Å². The summed E-state index contributed by atoms with van der Waals surface area (Å²) in [6.45, 7) is -0.144. The van der Waals surface area contributed by atoms with E-state index in [9.17, 15) is 19.2 Å². The molecule has 0 saturated carbocycles. The summed E-state index contributed by atoms with van der Waals surface area (Å²) in [7, 11) is 0. The lowest BCUT2D eigenvalue weighted by Gasteiger charge is -2.21. The number of nitrogens with one attached hydrogen (secondary N) is 2. The topological polar surface area (TPSA) is 128 Å². The first kappa shape index (κ1) is 12.9. The van der Waals surface area contributed by atoms with E-state index in [1.54, 1.807) is 0 Å². The van der Waals surface area contributed by atoms with Gasteiger partial charge in [-0.3, -0.25) is 19.7 Å². The molecule has 0 aromatic heterocycles. The zero-order chi connectivity index (χ0) is 12.8. The third-order valence-electron chi connectivity index (χ3n) is 2.15. The second-order valence-electron chi connectivity index (χ2n) is 3.49. The molecular formula is C9H13N3O5. The van der Waals surface area contributed by atoms with Gasteiger partial charge in [-0.2, -0.15) is 0 Å². The summed E-state index contributed by atoms with van der Waals surface area (Å²) >= 11 is 0. The molecule has 94 valence electrons. The van der Waals surface area contributed by atoms with E-state index in [1.807, 2.05) is 0 Å². The molecule has 1 heterocycles. The lowest BCUT2D eigenvalue weighted by atomic mass is 10.1. The maximum absolute atomic E-state index is 11.3. The predicted octanol–water partition coefficient (Wildman–Crippen LogP) is -1.61. The van der Waals surface area contributed by atoms with Crippen molar-refractivity contribution in [1.82, 2.24) is 10.6 Å². The molecule has 0 spiro atoms. The number of hydrogen-bond acceptors (Lipinski definition) is 5. The highest BCUT2D eigenvalue weighted by Gasteiger charge is 2.27. The maximum atomic E-state index is 11.3. The van der Waals surface area contributed by atoms with Crippen molar-refractivity contribution in [1.29, 1.82) is 0 Å². The van der Waals surface area contributed by atoms with E-state index in [-0.39, 0.29) is 31.8 Å². The number of primary amides is 1. The number of imide groups is 1. The molecule has 0 aromatic carbocycles. The average Bonchev–Trinajstić information content (AvgIpc) is 2.21. The lowest BCUT2D eigenvalue weighted by molar-refractivity contribution is -0.137. The van der Waals surface area contributed by atoms with Crippen LogP contribution in [-0.2, 0) is 19.1 Å². The Bertz CT molecular complexity index is 355. The van der Waals surface area contributed by atoms with Crippen molar-refractivity contribution in [3.63, 3.8) is 0 Å². The van der Waals surface area contributed by atoms with Crippen LogP contribution in [0.25, 0.3) is 0 Å². The third kappa shape index (κ3) is 4.49. The molecule has 1 aliphatic heterocycles. The van der Waals surface area contributed by atoms with E-state index in [1.165, 1.54) is 0 Å². The van der Waals surface area contributed by atoms with Gasteiger partial charge in [0.25, 0.3) is 0 Å². The van der Waals surface area contributed by atoms with Gasteiger partial charge in [0.15, 0.2) is 0 Å². The van der Waals surface area contributed by atoms with Crippen LogP contribution < -0.4 is 16.4 Å². The number of hydrogen-bond donors (Lipinski definition) is 3. The summed E-state index contributed by atoms with van der Waals surface area (Å²) in [6, 6.07) is -0.714. The summed E-state index contributed by atoms with van der Waals surface area (Å²) in [5.41, 5.74) is 4.71. The van der Waals surface area contributed by atoms with Crippen molar-refractivity contribution in [2.24, 2.45) is 5.73 Å². The Morgan fingerprint density at radius 3 is 2.76 bits per heavy atom. The van der Waals surface area contributed by atoms with Crippen molar-refractivity contribution >= 4 is 23.8 Å². The second-order valence-corrected chi connectivity index (χ2v) is 3.49. The van der Waals surface area contributed by atoms with Crippen LogP contribution in [0.1, 0.15) is 19.3 Å². The van der Waals surface area contributed by atoms with Gasteiger partial charge in [-0.1, -0.05) is 0 Å². The zero-order valence-corrected chi connectivity index (χ0v) is 9.02. The Morgan fingerprint density at radius 1 is 1.47 bits per heavy atom. The standard InChI is InChI=1S/C9H13N3O5/c10-9(16)17-4-3-7(14)11-5-1-2-6(13)12-8(5)15/h5H,1-4H2,(H2,10,16)(H,11,14)(H,12,13,15). The fourth-order valence-corrected chi connectivity index (χ4v) is 1.34. The minimum absolute atomic E-state index is 0.0827. The molecular weight excluding hydrogens is 230 g/mol. The van der Waals surface area contributed by atoms with Gasteiger partial charge in [0, 0.05) is 6.42 Å². The van der Waals surface area contributed by atoms with Crippen molar-refractivity contribution in [2.45, 2.75) is 25.3 Å². The number of nitrogens with two attached hydrogens (primary N) is 1. The van der Waals surface area contributed by atoms with E-state index in [2.05, 4.69) is 15.4 Å². The Labute approximate surface area is 96.9 Å². The van der Waals surface area contributed by atoms with Crippen LogP contribution in [0.2, 0.25) is 0 Å². The number of ether oxygens (including phenoxy) is 1. The summed E-state index contributed by atoms with van der Waals surface area (Å²) in [4.78, 5) is 43.6. The summed E-state index contributed by atoms with van der Waals surface area (Å²) < 4.78 is 4.37. The highest BCUT2D eigenvalue weighted by atomic mass is 16.5. The SMILES string of the molecule is NC(=O)OCCC(=O)NC1CCC(=O)NC1=O. The van der Waals surface area contributed by atoms with E-state index in [0.717, 1.165) is 0 Å². The Hall–Kier alpha value is -2.12. The molecule has 8 nitrogen and oxygen atoms in total. The van der Waals surface area contributed by atoms with E-state index < -0.39 is 23.9 Å². The zero-order valence-electron chi connectivity index (χ0n) is 9.02. The molecule has 1 aliphatic rings. The average molecular weight is 243 g/mol. The lowest BCUT2D eigenvalue weighted by Crippen LogP contribution is -2.52. The number of piperidine rings is 1. The first-order valence-electron chi connectivity index (χ1n) is 5.04. The minimum atomic E-state index is -0.959. The quantitative estimate of drug-likeness (QED) is 0.512. The molecule has 17 heavy (non-hydrogen) atoms. The van der Waals surface area contributed by atoms with Gasteiger partial charge >= 0.3 is 6.09 Å². The molecule has 0 aliphatic carbocycles. The smallest absolute Gasteiger partial charge is 0.404 e. The van der Waals surface area contributed by atoms with Gasteiger partial charge in [-0.15, -0.1) is 0 Å². The molecule has 0 radical (unpaired) electrons. The Morgan fingerprint density at radius 2 is 2.18 bits per heavy atom. The molecule has 4 N–H and O–H groups in total. The van der Waals surface area contributed by atoms with Crippen molar-refractivity contribution in [3.8, 4) is 0 Å². The molecule has 1 saturated heterocycles. The maximum Gasteiger partial charge on any atom is 0.404 e. The van der Waals surface area contributed by atoms with Gasteiger partial charge in [0.2, 0.25) is 17.7 Å². The largest absolute Gasteiger partial charge is 0.449 e. The number of rotatable bonds is 4. The van der Waals surface area contributed by atoms with Crippen molar-refractivity contribution in [2.75, 3.05) is 6.61 Å². The third-order valence-corrected chi connectivity index (χ3v) is 2.15. The predicted molar refractivity (Wildman–Crippen MR) is 54.5 cm³/mol. The van der Waals surface area contributed by atoms with Crippen LogP contribution in [0.3, 0.4) is 0 Å². The van der Waals surface area contributed by atoms with Crippen LogP contribution >= 0.6 is 0 Å². The fourth-order valence-electron chi connectivity index (χ4n) is 1.34. The van der Waals surface area contributed by atoms with Gasteiger partial charge in [-0.25, -0.2) is 4.79 Å². The van der Waals surface area contributed by atoms with Crippen LogP contribution in [0, 0.1) is 0 Å². The van der Waals surface area contributed by atoms with Crippen molar-refractivity contribution < 1.29 is 23.9 Å². The summed E-state index contributed by atoms with van der Waals surface area (Å²) in [5.74, 6) is -1.32. The summed E-state index contributed by atoms with van der Waals surface area (Å²) in [6.07, 6.45) is -0.582. The van der Waals surface area contributed by atoms with E-state index >= 15 is 0 Å². The van der Waals surface area contributed by atoms with Gasteiger partial charge in [0.05, 0.1) is 6.42 Å². The Kier molecular flexibility index (Phi) is 4.44. The van der Waals surface area contributed by atoms with Crippen LogP contribution in [0.5, 0.6) is 0 Å². The van der Waals surface area contributed by atoms with Gasteiger partial charge in [-0.05, 0) is 6.42 Å². The van der Waals surface area contributed by atoms with Crippen molar-refractivity contribution in [3.05, 3.63) is 0 Å². The first-order chi connectivity index (χ1) is 7.99. The second kappa shape index (κ2) is 5.83. The molecule has 1 fully saturated rings. The van der Waals surface area contributed by atoms with Crippen LogP contribution in [-0.4, -0.2) is 36.5 Å². The minimum Gasteiger partial charge on any atom is -0.449 e. The first-order valence-corrected chi connectivity index (χ1v) is 5.04. The van der Waals surface area contributed by atoms with Gasteiger partial charge < -0.3 is 15.8 Å². The highest BCUT2D eigenvalue weighted by molar-refractivity contribution is 6.01. The molecule has 0 bridgehead atoms. The monoisotopic (exact) mass is 243 g/mol. The Balaban J connectivity index is 2.28. The van der Waals surface area contributed by atoms with E-state index in [4.69, 9.17) is 5.73 Å². The highest BCUT2D eigenvalue weighted by Crippen LogP contribution is 2.04. The molecule has 4 amide bonds. The molecule has 0 aromatic rings. The normalized spacial score (nSPS) is 19.4.